The Hall–Kier alpha value is -1.20. The van der Waals surface area contributed by atoms with Gasteiger partial charge >= 0.3 is 0 Å². The maximum atomic E-state index is 6.29. The van der Waals surface area contributed by atoms with E-state index in [0.717, 1.165) is 55.1 Å². The number of ether oxygens (including phenoxy) is 1. The molecule has 118 valence electrons. The number of halogens is 1. The van der Waals surface area contributed by atoms with Crippen LogP contribution in [-0.4, -0.2) is 49.3 Å². The van der Waals surface area contributed by atoms with Gasteiger partial charge in [-0.25, -0.2) is 0 Å². The van der Waals surface area contributed by atoms with Crippen LogP contribution in [0.15, 0.2) is 30.5 Å². The average Bonchev–Trinajstić information content (AvgIpc) is 2.57. The first-order valence-electron chi connectivity index (χ1n) is 7.75. The zero-order valence-electron chi connectivity index (χ0n) is 12.9. The van der Waals surface area contributed by atoms with Crippen LogP contribution in [0.2, 0.25) is 5.02 Å². The molecular weight excluding hydrogens is 298 g/mol. The highest BCUT2D eigenvalue weighted by molar-refractivity contribution is 6.35. The summed E-state index contributed by atoms with van der Waals surface area (Å²) in [6.07, 6.45) is 2.88. The summed E-state index contributed by atoms with van der Waals surface area (Å²) in [4.78, 5) is 7.06. The van der Waals surface area contributed by atoms with Crippen LogP contribution in [0.5, 0.6) is 0 Å². The van der Waals surface area contributed by atoms with Crippen molar-refractivity contribution in [1.29, 1.82) is 0 Å². The number of benzene rings is 1. The third-order valence-electron chi connectivity index (χ3n) is 4.30. The van der Waals surface area contributed by atoms with Crippen molar-refractivity contribution in [1.82, 2.24) is 15.2 Å². The number of hydrogen-bond donors (Lipinski definition) is 1. The van der Waals surface area contributed by atoms with E-state index >= 15 is 0 Å². The van der Waals surface area contributed by atoms with Crippen LogP contribution in [0.4, 0.5) is 0 Å². The van der Waals surface area contributed by atoms with Crippen LogP contribution < -0.4 is 5.32 Å². The second kappa shape index (κ2) is 7.38. The number of aromatic nitrogens is 1. The molecule has 2 heterocycles. The monoisotopic (exact) mass is 319 g/mol. The van der Waals surface area contributed by atoms with Gasteiger partial charge < -0.3 is 10.1 Å². The lowest BCUT2D eigenvalue weighted by Gasteiger charge is -2.36. The fourth-order valence-electron chi connectivity index (χ4n) is 3.09. The average molecular weight is 320 g/mol. The van der Waals surface area contributed by atoms with E-state index in [-0.39, 0.29) is 0 Å². The fourth-order valence-corrected chi connectivity index (χ4v) is 3.31. The van der Waals surface area contributed by atoms with E-state index in [1.807, 2.05) is 24.4 Å². The lowest BCUT2D eigenvalue weighted by Crippen LogP contribution is -2.51. The second-order valence-electron chi connectivity index (χ2n) is 5.72. The Morgan fingerprint density at radius 2 is 2.32 bits per heavy atom. The lowest BCUT2D eigenvalue weighted by atomic mass is 10.1. The number of fused-ring (bicyclic) bond motifs is 1. The molecule has 5 heteroatoms. The Balaban J connectivity index is 1.83. The first-order chi connectivity index (χ1) is 10.8. The number of methoxy groups -OCH3 is 1. The van der Waals surface area contributed by atoms with Crippen molar-refractivity contribution in [3.05, 3.63) is 41.0 Å². The van der Waals surface area contributed by atoms with Crippen molar-refractivity contribution in [2.75, 3.05) is 33.4 Å². The van der Waals surface area contributed by atoms with Gasteiger partial charge in [-0.15, -0.1) is 0 Å². The van der Waals surface area contributed by atoms with Crippen molar-refractivity contribution in [2.45, 2.75) is 19.0 Å². The van der Waals surface area contributed by atoms with Gasteiger partial charge in [0, 0.05) is 62.5 Å². The molecule has 1 N–H and O–H groups in total. The predicted molar refractivity (Wildman–Crippen MR) is 90.3 cm³/mol. The van der Waals surface area contributed by atoms with E-state index in [1.165, 1.54) is 5.56 Å². The summed E-state index contributed by atoms with van der Waals surface area (Å²) in [5.74, 6) is 0. The zero-order chi connectivity index (χ0) is 15.4. The van der Waals surface area contributed by atoms with Gasteiger partial charge in [-0.05, 0) is 30.2 Å². The first kappa shape index (κ1) is 15.7. The number of piperazine rings is 1. The minimum absolute atomic E-state index is 0.503. The van der Waals surface area contributed by atoms with Crippen molar-refractivity contribution in [3.63, 3.8) is 0 Å². The molecule has 1 fully saturated rings. The van der Waals surface area contributed by atoms with Crippen LogP contribution in [0.3, 0.4) is 0 Å². The second-order valence-corrected chi connectivity index (χ2v) is 6.12. The Kier molecular flexibility index (Phi) is 5.26. The summed E-state index contributed by atoms with van der Waals surface area (Å²) in [6.45, 7) is 4.79. The molecule has 1 atom stereocenters. The summed E-state index contributed by atoms with van der Waals surface area (Å²) < 4.78 is 5.24. The van der Waals surface area contributed by atoms with E-state index in [1.54, 1.807) is 7.11 Å². The zero-order valence-corrected chi connectivity index (χ0v) is 13.6. The van der Waals surface area contributed by atoms with Gasteiger partial charge in [0.25, 0.3) is 0 Å². The molecule has 1 aliphatic rings. The number of nitrogens with zero attached hydrogens (tertiary/aromatic N) is 2. The van der Waals surface area contributed by atoms with Crippen LogP contribution >= 0.6 is 11.6 Å². The molecule has 0 aliphatic carbocycles. The minimum Gasteiger partial charge on any atom is -0.385 e. The highest BCUT2D eigenvalue weighted by atomic mass is 35.5. The summed E-state index contributed by atoms with van der Waals surface area (Å²) in [7, 11) is 1.76. The highest BCUT2D eigenvalue weighted by Gasteiger charge is 2.22. The normalized spacial score (nSPS) is 19.6. The Labute approximate surface area is 136 Å². The van der Waals surface area contributed by atoms with Crippen LogP contribution in [0, 0.1) is 0 Å². The Morgan fingerprint density at radius 1 is 1.41 bits per heavy atom. The Bertz CT molecular complexity index is 634. The largest absolute Gasteiger partial charge is 0.385 e. The van der Waals surface area contributed by atoms with E-state index in [9.17, 15) is 0 Å². The molecule has 1 aromatic carbocycles. The number of pyridine rings is 1. The molecule has 22 heavy (non-hydrogen) atoms. The molecule has 2 aromatic rings. The van der Waals surface area contributed by atoms with Crippen LogP contribution in [-0.2, 0) is 11.3 Å². The summed E-state index contributed by atoms with van der Waals surface area (Å²) in [6, 6.07) is 8.56. The maximum Gasteiger partial charge on any atom is 0.0761 e. The van der Waals surface area contributed by atoms with E-state index < -0.39 is 0 Å². The SMILES string of the molecule is COCCC1CNCCN1Cc1ccc(Cl)c2cccnc12. The highest BCUT2D eigenvalue weighted by Crippen LogP contribution is 2.26. The molecule has 1 aliphatic heterocycles. The first-order valence-corrected chi connectivity index (χ1v) is 8.13. The molecule has 4 nitrogen and oxygen atoms in total. The van der Waals surface area contributed by atoms with Gasteiger partial charge in [0.05, 0.1) is 5.52 Å². The van der Waals surface area contributed by atoms with Crippen molar-refractivity contribution >= 4 is 22.5 Å². The molecule has 1 aromatic heterocycles. The minimum atomic E-state index is 0.503. The molecule has 0 bridgehead atoms. The molecule has 1 saturated heterocycles. The van der Waals surface area contributed by atoms with Crippen molar-refractivity contribution in [2.24, 2.45) is 0 Å². The van der Waals surface area contributed by atoms with E-state index in [2.05, 4.69) is 21.3 Å². The van der Waals surface area contributed by atoms with Crippen molar-refractivity contribution < 1.29 is 4.74 Å². The quantitative estimate of drug-likeness (QED) is 0.919. The van der Waals surface area contributed by atoms with Gasteiger partial charge in [-0.1, -0.05) is 17.7 Å². The molecule has 1 unspecified atom stereocenters. The van der Waals surface area contributed by atoms with E-state index in [4.69, 9.17) is 16.3 Å². The third kappa shape index (κ3) is 3.41. The van der Waals surface area contributed by atoms with Crippen LogP contribution in [0.1, 0.15) is 12.0 Å². The molecule has 0 amide bonds. The molecule has 0 saturated carbocycles. The summed E-state index contributed by atoms with van der Waals surface area (Å²) >= 11 is 6.29. The van der Waals surface area contributed by atoms with Crippen molar-refractivity contribution in [3.8, 4) is 0 Å². The fraction of sp³-hybridized carbons (Fsp3) is 0.471. The van der Waals surface area contributed by atoms with Gasteiger partial charge in [0.2, 0.25) is 0 Å². The predicted octanol–water partition coefficient (Wildman–Crippen LogP) is 2.70. The smallest absolute Gasteiger partial charge is 0.0761 e. The lowest BCUT2D eigenvalue weighted by molar-refractivity contribution is 0.107. The summed E-state index contributed by atoms with van der Waals surface area (Å²) in [5, 5.41) is 5.27. The number of hydrogen-bond acceptors (Lipinski definition) is 4. The number of rotatable bonds is 5. The third-order valence-corrected chi connectivity index (χ3v) is 4.63. The van der Waals surface area contributed by atoms with E-state index in [0.29, 0.717) is 6.04 Å². The Morgan fingerprint density at radius 3 is 3.18 bits per heavy atom. The van der Waals surface area contributed by atoms with Gasteiger partial charge in [0.15, 0.2) is 0 Å². The van der Waals surface area contributed by atoms with Gasteiger partial charge in [-0.2, -0.15) is 0 Å². The number of nitrogens with one attached hydrogen (secondary N) is 1. The van der Waals surface area contributed by atoms with Gasteiger partial charge in [-0.3, -0.25) is 9.88 Å². The van der Waals surface area contributed by atoms with Gasteiger partial charge in [0.1, 0.15) is 0 Å². The molecule has 0 spiro atoms. The maximum absolute atomic E-state index is 6.29. The molecule has 3 rings (SSSR count). The topological polar surface area (TPSA) is 37.4 Å². The molecule has 0 radical (unpaired) electrons. The van der Waals surface area contributed by atoms with Crippen LogP contribution in [0.25, 0.3) is 10.9 Å². The standard InChI is InChI=1S/C17H22ClN3O/c1-22-10-6-14-11-19-8-9-21(14)12-13-4-5-16(18)15-3-2-7-20-17(13)15/h2-5,7,14,19H,6,8-12H2,1H3. The summed E-state index contributed by atoms with van der Waals surface area (Å²) in [5.41, 5.74) is 2.25. The molecular formula is C17H22ClN3O.